The van der Waals surface area contributed by atoms with Gasteiger partial charge in [0, 0.05) is 10.2 Å². The first-order valence-corrected chi connectivity index (χ1v) is 7.06. The molecular weight excluding hydrogens is 314 g/mol. The van der Waals surface area contributed by atoms with E-state index in [1.54, 1.807) is 11.3 Å². The maximum atomic E-state index is 11.8. The molecule has 1 atom stereocenters. The van der Waals surface area contributed by atoms with Crippen LogP contribution in [0.25, 0.3) is 0 Å². The number of rotatable bonds is 4. The van der Waals surface area contributed by atoms with Crippen molar-refractivity contribution in [2.45, 2.75) is 6.04 Å². The van der Waals surface area contributed by atoms with Crippen molar-refractivity contribution in [2.24, 2.45) is 0 Å². The van der Waals surface area contributed by atoms with E-state index >= 15 is 0 Å². The molecule has 0 aliphatic heterocycles. The number of carbonyl (C=O) groups is 1. The van der Waals surface area contributed by atoms with Crippen LogP contribution in [0.3, 0.4) is 0 Å². The molecule has 0 amide bonds. The van der Waals surface area contributed by atoms with Gasteiger partial charge in [0.05, 0.1) is 7.11 Å². The molecule has 0 fully saturated rings. The van der Waals surface area contributed by atoms with Gasteiger partial charge < -0.3 is 10.1 Å². The molecule has 1 heterocycles. The van der Waals surface area contributed by atoms with Crippen LogP contribution in [0.1, 0.15) is 11.6 Å². The Morgan fingerprint density at radius 2 is 2.28 bits per heavy atom. The normalized spacial score (nSPS) is 11.9. The predicted molar refractivity (Wildman–Crippen MR) is 76.8 cm³/mol. The van der Waals surface area contributed by atoms with Crippen LogP contribution in [0.15, 0.2) is 45.6 Å². The van der Waals surface area contributed by atoms with Gasteiger partial charge in [0.25, 0.3) is 0 Å². The Morgan fingerprint density at radius 3 is 2.89 bits per heavy atom. The number of halogens is 1. The van der Waals surface area contributed by atoms with Crippen molar-refractivity contribution in [2.75, 3.05) is 12.4 Å². The topological polar surface area (TPSA) is 38.3 Å². The van der Waals surface area contributed by atoms with E-state index in [4.69, 9.17) is 4.74 Å². The summed E-state index contributed by atoms with van der Waals surface area (Å²) in [5.74, 6) is -0.298. The molecule has 1 aromatic heterocycles. The second kappa shape index (κ2) is 6.02. The van der Waals surface area contributed by atoms with Crippen LogP contribution in [-0.2, 0) is 9.53 Å². The molecule has 0 saturated carbocycles. The molecule has 2 aromatic rings. The van der Waals surface area contributed by atoms with Crippen LogP contribution in [0.4, 0.5) is 5.69 Å². The van der Waals surface area contributed by atoms with E-state index in [-0.39, 0.29) is 5.97 Å². The fourth-order valence-electron chi connectivity index (χ4n) is 1.58. The number of nitrogens with one attached hydrogen (secondary N) is 1. The molecule has 1 aromatic carbocycles. The average Bonchev–Trinajstić information content (AvgIpc) is 2.89. The van der Waals surface area contributed by atoms with E-state index in [0.717, 1.165) is 15.7 Å². The summed E-state index contributed by atoms with van der Waals surface area (Å²) < 4.78 is 5.79. The summed E-state index contributed by atoms with van der Waals surface area (Å²) in [6.45, 7) is 0. The summed E-state index contributed by atoms with van der Waals surface area (Å²) in [4.78, 5) is 11.8. The van der Waals surface area contributed by atoms with Gasteiger partial charge in [-0.05, 0) is 40.6 Å². The van der Waals surface area contributed by atoms with Crippen molar-refractivity contribution in [1.82, 2.24) is 0 Å². The van der Waals surface area contributed by atoms with Gasteiger partial charge in [-0.2, -0.15) is 11.3 Å². The van der Waals surface area contributed by atoms with E-state index in [9.17, 15) is 4.79 Å². The Bertz CT molecular complexity index is 528. The standard InChI is InChI=1S/C13H12BrNO2S/c1-17-13(16)12(9-5-6-18-8-9)15-11-4-2-3-10(14)7-11/h2-8,12,15H,1H3. The lowest BCUT2D eigenvalue weighted by molar-refractivity contribution is -0.141. The number of thiophene rings is 1. The van der Waals surface area contributed by atoms with Gasteiger partial charge in [0.2, 0.25) is 0 Å². The van der Waals surface area contributed by atoms with E-state index in [0.29, 0.717) is 0 Å². The molecule has 0 saturated heterocycles. The largest absolute Gasteiger partial charge is 0.467 e. The molecule has 2 rings (SSSR count). The molecular formula is C13H12BrNO2S. The van der Waals surface area contributed by atoms with Gasteiger partial charge in [-0.25, -0.2) is 4.79 Å². The summed E-state index contributed by atoms with van der Waals surface area (Å²) in [5.41, 5.74) is 1.78. The molecule has 0 aliphatic rings. The highest BCUT2D eigenvalue weighted by atomic mass is 79.9. The Morgan fingerprint density at radius 1 is 1.44 bits per heavy atom. The number of methoxy groups -OCH3 is 1. The molecule has 1 N–H and O–H groups in total. The minimum Gasteiger partial charge on any atom is -0.467 e. The number of hydrogen-bond acceptors (Lipinski definition) is 4. The van der Waals surface area contributed by atoms with E-state index in [1.807, 2.05) is 41.1 Å². The molecule has 94 valence electrons. The van der Waals surface area contributed by atoms with Crippen LogP contribution in [0, 0.1) is 0 Å². The van der Waals surface area contributed by atoms with Crippen LogP contribution in [0.5, 0.6) is 0 Å². The molecule has 0 bridgehead atoms. The van der Waals surface area contributed by atoms with E-state index in [1.165, 1.54) is 7.11 Å². The Balaban J connectivity index is 2.23. The molecule has 18 heavy (non-hydrogen) atoms. The zero-order valence-electron chi connectivity index (χ0n) is 9.72. The third-order valence-corrected chi connectivity index (χ3v) is 3.64. The highest BCUT2D eigenvalue weighted by molar-refractivity contribution is 9.10. The van der Waals surface area contributed by atoms with Gasteiger partial charge in [0.1, 0.15) is 0 Å². The minimum absolute atomic E-state index is 0.298. The van der Waals surface area contributed by atoms with Gasteiger partial charge in [0.15, 0.2) is 6.04 Å². The lowest BCUT2D eigenvalue weighted by atomic mass is 10.1. The Kier molecular flexibility index (Phi) is 4.38. The summed E-state index contributed by atoms with van der Waals surface area (Å²) in [6.07, 6.45) is 0. The first kappa shape index (κ1) is 13.1. The summed E-state index contributed by atoms with van der Waals surface area (Å²) in [6, 6.07) is 9.11. The van der Waals surface area contributed by atoms with Crippen molar-refractivity contribution in [1.29, 1.82) is 0 Å². The zero-order valence-corrected chi connectivity index (χ0v) is 12.1. The lowest BCUT2D eigenvalue weighted by Gasteiger charge is -2.16. The maximum Gasteiger partial charge on any atom is 0.333 e. The number of benzene rings is 1. The summed E-state index contributed by atoms with van der Waals surface area (Å²) in [5, 5.41) is 7.05. The monoisotopic (exact) mass is 325 g/mol. The van der Waals surface area contributed by atoms with Gasteiger partial charge in [-0.3, -0.25) is 0 Å². The van der Waals surface area contributed by atoms with Gasteiger partial charge >= 0.3 is 5.97 Å². The number of esters is 1. The molecule has 0 radical (unpaired) electrons. The SMILES string of the molecule is COC(=O)C(Nc1cccc(Br)c1)c1ccsc1. The number of hydrogen-bond donors (Lipinski definition) is 1. The molecule has 0 aliphatic carbocycles. The Hall–Kier alpha value is -1.33. The summed E-state index contributed by atoms with van der Waals surface area (Å²) >= 11 is 4.95. The first-order chi connectivity index (χ1) is 8.70. The summed E-state index contributed by atoms with van der Waals surface area (Å²) in [7, 11) is 1.39. The second-order valence-corrected chi connectivity index (χ2v) is 5.36. The predicted octanol–water partition coefficient (Wildman–Crippen LogP) is 3.84. The van der Waals surface area contributed by atoms with Crippen LogP contribution in [0.2, 0.25) is 0 Å². The molecule has 0 spiro atoms. The van der Waals surface area contributed by atoms with Gasteiger partial charge in [-0.15, -0.1) is 0 Å². The highest BCUT2D eigenvalue weighted by Gasteiger charge is 2.21. The Labute approximate surface area is 118 Å². The number of carbonyl (C=O) groups excluding carboxylic acids is 1. The molecule has 3 nitrogen and oxygen atoms in total. The maximum absolute atomic E-state index is 11.8. The first-order valence-electron chi connectivity index (χ1n) is 5.32. The van der Waals surface area contributed by atoms with Gasteiger partial charge in [-0.1, -0.05) is 22.0 Å². The highest BCUT2D eigenvalue weighted by Crippen LogP contribution is 2.24. The molecule has 5 heteroatoms. The quantitative estimate of drug-likeness (QED) is 0.868. The van der Waals surface area contributed by atoms with Crippen LogP contribution >= 0.6 is 27.3 Å². The third kappa shape index (κ3) is 3.11. The fraction of sp³-hybridized carbons (Fsp3) is 0.154. The number of anilines is 1. The second-order valence-electron chi connectivity index (χ2n) is 3.67. The van der Waals surface area contributed by atoms with Crippen molar-refractivity contribution >= 4 is 38.9 Å². The van der Waals surface area contributed by atoms with Crippen molar-refractivity contribution in [3.05, 3.63) is 51.1 Å². The van der Waals surface area contributed by atoms with Crippen molar-refractivity contribution in [3.8, 4) is 0 Å². The van der Waals surface area contributed by atoms with Crippen LogP contribution in [-0.4, -0.2) is 13.1 Å². The molecule has 1 unspecified atom stereocenters. The van der Waals surface area contributed by atoms with E-state index < -0.39 is 6.04 Å². The van der Waals surface area contributed by atoms with Crippen molar-refractivity contribution in [3.63, 3.8) is 0 Å². The van der Waals surface area contributed by atoms with Crippen molar-refractivity contribution < 1.29 is 9.53 Å². The van der Waals surface area contributed by atoms with Crippen LogP contribution < -0.4 is 5.32 Å². The van der Waals surface area contributed by atoms with E-state index in [2.05, 4.69) is 21.2 Å². The number of ether oxygens (including phenoxy) is 1. The smallest absolute Gasteiger partial charge is 0.333 e. The minimum atomic E-state index is -0.476. The fourth-order valence-corrected chi connectivity index (χ4v) is 2.67. The average molecular weight is 326 g/mol. The zero-order chi connectivity index (χ0) is 13.0. The third-order valence-electron chi connectivity index (χ3n) is 2.45. The lowest BCUT2D eigenvalue weighted by Crippen LogP contribution is -2.21.